The number of ether oxygens (including phenoxy) is 1. The van der Waals surface area contributed by atoms with Crippen LogP contribution in [-0.4, -0.2) is 44.2 Å². The molecule has 1 aliphatic carbocycles. The third-order valence-corrected chi connectivity index (χ3v) is 2.56. The smallest absolute Gasteiger partial charge is 0.293 e. The molecule has 96 valence electrons. The van der Waals surface area contributed by atoms with E-state index in [0.29, 0.717) is 6.47 Å². The second-order valence-electron chi connectivity index (χ2n) is 5.30. The molecule has 0 bridgehead atoms. The third-order valence-electron chi connectivity index (χ3n) is 2.56. The van der Waals surface area contributed by atoms with Gasteiger partial charge in [0.05, 0.1) is 0 Å². The molecule has 0 aromatic rings. The molecule has 4 heteroatoms. The molecule has 0 aromatic carbocycles. The topological polar surface area (TPSA) is 55.6 Å². The zero-order valence-corrected chi connectivity index (χ0v) is 11.2. The van der Waals surface area contributed by atoms with Gasteiger partial charge in [0.1, 0.15) is 5.60 Å². The molecule has 2 aliphatic rings. The first kappa shape index (κ1) is 15.4. The predicted octanol–water partition coefficient (Wildman–Crippen LogP) is 1.10. The van der Waals surface area contributed by atoms with Crippen molar-refractivity contribution in [2.24, 2.45) is 17.6 Å². The number of carbonyl (C=O) groups excluding carboxylic acids is 1. The van der Waals surface area contributed by atoms with Crippen molar-refractivity contribution in [3.05, 3.63) is 0 Å². The van der Waals surface area contributed by atoms with Gasteiger partial charge in [0, 0.05) is 13.1 Å². The maximum absolute atomic E-state index is 9.60. The maximum Gasteiger partial charge on any atom is 0.293 e. The number of rotatable bonds is 1. The standard InChI is InChI=1S/C6H11N.C5H10O2.CH5N/c1-7-3-5-2-6(5)4-7;1-5(2,3)7-4-6;1-2/h5-6H,2-4H2,1H3;4H,1-3H3;2H2,1H3. The Labute approximate surface area is 99.1 Å². The van der Waals surface area contributed by atoms with Crippen LogP contribution in [0.1, 0.15) is 27.2 Å². The lowest BCUT2D eigenvalue weighted by atomic mass is 10.2. The number of likely N-dealkylation sites (tertiary alicyclic amines) is 1. The van der Waals surface area contributed by atoms with Crippen molar-refractivity contribution >= 4 is 6.47 Å². The number of nitrogens with two attached hydrogens (primary N) is 1. The number of hydrogen-bond acceptors (Lipinski definition) is 4. The highest BCUT2D eigenvalue weighted by Crippen LogP contribution is 2.43. The highest BCUT2D eigenvalue weighted by atomic mass is 16.5. The molecule has 0 radical (unpaired) electrons. The van der Waals surface area contributed by atoms with Gasteiger partial charge in [0.25, 0.3) is 6.47 Å². The molecule has 0 aromatic heterocycles. The van der Waals surface area contributed by atoms with Gasteiger partial charge in [-0.1, -0.05) is 0 Å². The molecule has 1 saturated heterocycles. The fourth-order valence-electron chi connectivity index (χ4n) is 1.78. The molecule has 1 saturated carbocycles. The number of hydrogen-bond donors (Lipinski definition) is 1. The number of carbonyl (C=O) groups is 1. The molecule has 1 aliphatic heterocycles. The van der Waals surface area contributed by atoms with Crippen LogP contribution < -0.4 is 5.73 Å². The van der Waals surface area contributed by atoms with Crippen molar-refractivity contribution < 1.29 is 9.53 Å². The van der Waals surface area contributed by atoms with Crippen molar-refractivity contribution in [3.63, 3.8) is 0 Å². The quantitative estimate of drug-likeness (QED) is 0.685. The molecular formula is C12H26N2O2. The van der Waals surface area contributed by atoms with Gasteiger partial charge >= 0.3 is 0 Å². The van der Waals surface area contributed by atoms with Crippen molar-refractivity contribution in [3.8, 4) is 0 Å². The summed E-state index contributed by atoms with van der Waals surface area (Å²) in [6.45, 7) is 8.68. The summed E-state index contributed by atoms with van der Waals surface area (Å²) in [6, 6.07) is 0. The first-order valence-corrected chi connectivity index (χ1v) is 5.80. The normalized spacial score (nSPS) is 26.6. The Hall–Kier alpha value is -0.610. The van der Waals surface area contributed by atoms with Crippen LogP contribution in [0.4, 0.5) is 0 Å². The van der Waals surface area contributed by atoms with Gasteiger partial charge in [0.2, 0.25) is 0 Å². The average molecular weight is 230 g/mol. The van der Waals surface area contributed by atoms with E-state index in [-0.39, 0.29) is 5.60 Å². The van der Waals surface area contributed by atoms with Gasteiger partial charge in [-0.15, -0.1) is 0 Å². The maximum atomic E-state index is 9.60. The first-order valence-electron chi connectivity index (χ1n) is 5.80. The Kier molecular flexibility index (Phi) is 6.60. The summed E-state index contributed by atoms with van der Waals surface area (Å²) in [5.41, 5.74) is 4.18. The number of nitrogens with zero attached hydrogens (tertiary/aromatic N) is 1. The fraction of sp³-hybridized carbons (Fsp3) is 0.917. The van der Waals surface area contributed by atoms with Gasteiger partial charge in [-0.2, -0.15) is 0 Å². The average Bonchev–Trinajstić information content (AvgIpc) is 2.77. The molecule has 0 spiro atoms. The minimum Gasteiger partial charge on any atom is -0.462 e. The summed E-state index contributed by atoms with van der Waals surface area (Å²) in [6.07, 6.45) is 1.53. The minimum absolute atomic E-state index is 0.318. The fourth-order valence-corrected chi connectivity index (χ4v) is 1.78. The Balaban J connectivity index is 0.000000244. The second-order valence-corrected chi connectivity index (χ2v) is 5.30. The molecule has 4 nitrogen and oxygen atoms in total. The van der Waals surface area contributed by atoms with E-state index in [0.717, 1.165) is 11.8 Å². The van der Waals surface area contributed by atoms with Crippen molar-refractivity contribution in [2.45, 2.75) is 32.8 Å². The van der Waals surface area contributed by atoms with Gasteiger partial charge in [-0.25, -0.2) is 0 Å². The monoisotopic (exact) mass is 230 g/mol. The van der Waals surface area contributed by atoms with Crippen LogP contribution in [0.25, 0.3) is 0 Å². The van der Waals surface area contributed by atoms with E-state index < -0.39 is 0 Å². The predicted molar refractivity (Wildman–Crippen MR) is 66.1 cm³/mol. The summed E-state index contributed by atoms with van der Waals surface area (Å²) < 4.78 is 4.55. The van der Waals surface area contributed by atoms with Crippen LogP contribution in [-0.2, 0) is 9.53 Å². The Morgan fingerprint density at radius 3 is 1.81 bits per heavy atom. The molecule has 1 heterocycles. The van der Waals surface area contributed by atoms with E-state index in [1.54, 1.807) is 0 Å². The zero-order valence-electron chi connectivity index (χ0n) is 11.2. The summed E-state index contributed by atoms with van der Waals surface area (Å²) in [4.78, 5) is 12.0. The highest BCUT2D eigenvalue weighted by Gasteiger charge is 2.43. The molecule has 2 fully saturated rings. The Morgan fingerprint density at radius 1 is 1.25 bits per heavy atom. The van der Waals surface area contributed by atoms with Crippen LogP contribution in [0.15, 0.2) is 0 Å². The number of piperidine rings is 1. The molecule has 2 unspecified atom stereocenters. The van der Waals surface area contributed by atoms with E-state index in [1.807, 2.05) is 20.8 Å². The lowest BCUT2D eigenvalue weighted by molar-refractivity contribution is -0.138. The van der Waals surface area contributed by atoms with E-state index in [4.69, 9.17) is 0 Å². The Morgan fingerprint density at radius 2 is 1.69 bits per heavy atom. The lowest BCUT2D eigenvalue weighted by Gasteiger charge is -2.14. The van der Waals surface area contributed by atoms with Crippen LogP contribution in [0.3, 0.4) is 0 Å². The summed E-state index contributed by atoms with van der Waals surface area (Å²) in [7, 11) is 3.71. The van der Waals surface area contributed by atoms with Crippen molar-refractivity contribution in [2.75, 3.05) is 27.2 Å². The molecule has 16 heavy (non-hydrogen) atoms. The summed E-state index contributed by atoms with van der Waals surface area (Å²) in [5, 5.41) is 0. The van der Waals surface area contributed by atoms with Gasteiger partial charge in [-0.05, 0) is 53.1 Å². The van der Waals surface area contributed by atoms with Gasteiger partial charge in [-0.3, -0.25) is 4.79 Å². The Bertz CT molecular complexity index is 192. The van der Waals surface area contributed by atoms with Crippen LogP contribution in [0, 0.1) is 11.8 Å². The number of fused-ring (bicyclic) bond motifs is 1. The van der Waals surface area contributed by atoms with E-state index in [2.05, 4.69) is 22.4 Å². The highest BCUT2D eigenvalue weighted by molar-refractivity contribution is 5.37. The zero-order chi connectivity index (χ0) is 12.8. The molecule has 2 N–H and O–H groups in total. The van der Waals surface area contributed by atoms with E-state index >= 15 is 0 Å². The lowest BCUT2D eigenvalue weighted by Crippen LogP contribution is -2.17. The van der Waals surface area contributed by atoms with Gasteiger partial charge in [0.15, 0.2) is 0 Å². The largest absolute Gasteiger partial charge is 0.462 e. The molecule has 0 amide bonds. The van der Waals surface area contributed by atoms with Gasteiger partial charge < -0.3 is 15.4 Å². The van der Waals surface area contributed by atoms with Crippen molar-refractivity contribution in [1.82, 2.24) is 4.90 Å². The van der Waals surface area contributed by atoms with Crippen LogP contribution >= 0.6 is 0 Å². The van der Waals surface area contributed by atoms with Crippen LogP contribution in [0.5, 0.6) is 0 Å². The summed E-state index contributed by atoms with van der Waals surface area (Å²) >= 11 is 0. The van der Waals surface area contributed by atoms with Crippen LogP contribution in [0.2, 0.25) is 0 Å². The SMILES string of the molecule is CC(C)(C)OC=O.CN.CN1CC2CC2C1. The first-order chi connectivity index (χ1) is 7.42. The third kappa shape index (κ3) is 6.80. The van der Waals surface area contributed by atoms with E-state index in [9.17, 15) is 4.79 Å². The van der Waals surface area contributed by atoms with E-state index in [1.165, 1.54) is 26.6 Å². The second kappa shape index (κ2) is 6.86. The summed E-state index contributed by atoms with van der Waals surface area (Å²) in [5.74, 6) is 2.23. The molecule has 2 rings (SSSR count). The minimum atomic E-state index is -0.318. The molecule has 2 atom stereocenters. The molecular weight excluding hydrogens is 204 g/mol. The van der Waals surface area contributed by atoms with Crippen molar-refractivity contribution in [1.29, 1.82) is 0 Å².